The van der Waals surface area contributed by atoms with Crippen molar-refractivity contribution in [3.8, 4) is 16.9 Å². The molecule has 4 rings (SSSR count). The van der Waals surface area contributed by atoms with E-state index in [1.54, 1.807) is 25.4 Å². The van der Waals surface area contributed by atoms with Crippen LogP contribution >= 0.6 is 17.2 Å². The summed E-state index contributed by atoms with van der Waals surface area (Å²) in [5.74, 6) is 0.666. The number of hydrogen-bond donors (Lipinski definition) is 5. The Kier molecular flexibility index (Phi) is 9.34. The third-order valence-corrected chi connectivity index (χ3v) is 7.25. The highest BCUT2D eigenvalue weighted by Gasteiger charge is 2.44. The first kappa shape index (κ1) is 28.4. The number of aliphatic hydroxyl groups excluding tert-OH is 2. The molecule has 3 heterocycles. The van der Waals surface area contributed by atoms with Crippen LogP contribution in [0.25, 0.3) is 11.1 Å². The largest absolute Gasteiger partial charge is 0.497 e. The lowest BCUT2D eigenvalue weighted by molar-refractivity contribution is -0.0530. The average Bonchev–Trinajstić information content (AvgIpc) is 3.18. The number of hydrogen-bond acceptors (Lipinski definition) is 12. The summed E-state index contributed by atoms with van der Waals surface area (Å²) in [7, 11) is -3.98. The summed E-state index contributed by atoms with van der Waals surface area (Å²) in [6, 6.07) is 12.0. The molecule has 2 aromatic heterocycles. The van der Waals surface area contributed by atoms with Crippen LogP contribution in [0.4, 0.5) is 0 Å². The lowest BCUT2D eigenvalue weighted by atomic mass is 10.1. The maximum absolute atomic E-state index is 13.2. The molecule has 204 valence electrons. The van der Waals surface area contributed by atoms with Gasteiger partial charge in [-0.05, 0) is 35.4 Å². The first-order valence-corrected chi connectivity index (χ1v) is 13.4. The van der Waals surface area contributed by atoms with Crippen molar-refractivity contribution in [2.75, 3.05) is 13.7 Å². The molecule has 1 saturated heterocycles. The Morgan fingerprint density at radius 3 is 2.55 bits per heavy atom. The Labute approximate surface area is 217 Å². The van der Waals surface area contributed by atoms with E-state index < -0.39 is 59.6 Å². The standard InChI is InChI=1S/C22H25N3O11P2/c1-33-16-4-2-3-13(10-16)14-5-7-23-15(9-14)11-25-18(26)6-8-24(22(25)29)21-20(28)19(27)17(35-21)12-34-38(32)36-37(30)31/h2-10,17,19-21,27-28,30-32H,11-12H2,1H3. The maximum atomic E-state index is 13.2. The summed E-state index contributed by atoms with van der Waals surface area (Å²) < 4.78 is 21.9. The van der Waals surface area contributed by atoms with Crippen molar-refractivity contribution in [3.63, 3.8) is 0 Å². The smallest absolute Gasteiger partial charge is 0.337 e. The number of ether oxygens (including phenoxy) is 2. The Morgan fingerprint density at radius 1 is 1.05 bits per heavy atom. The second kappa shape index (κ2) is 12.5. The first-order chi connectivity index (χ1) is 18.2. The van der Waals surface area contributed by atoms with E-state index in [4.69, 9.17) is 23.8 Å². The molecule has 1 fully saturated rings. The summed E-state index contributed by atoms with van der Waals surface area (Å²) in [6.07, 6.45) is -3.00. The van der Waals surface area contributed by atoms with Gasteiger partial charge in [0.2, 0.25) is 0 Å². The van der Waals surface area contributed by atoms with Gasteiger partial charge in [0.15, 0.2) is 6.23 Å². The summed E-state index contributed by atoms with van der Waals surface area (Å²) in [5, 5.41) is 20.8. The highest BCUT2D eigenvalue weighted by Crippen LogP contribution is 2.46. The second-order valence-electron chi connectivity index (χ2n) is 8.11. The number of aromatic nitrogens is 3. The maximum Gasteiger partial charge on any atom is 0.337 e. The van der Waals surface area contributed by atoms with Gasteiger partial charge < -0.3 is 38.9 Å². The zero-order valence-electron chi connectivity index (χ0n) is 19.8. The van der Waals surface area contributed by atoms with E-state index in [0.717, 1.165) is 32.5 Å². The molecule has 0 saturated carbocycles. The predicted molar refractivity (Wildman–Crippen MR) is 134 cm³/mol. The molecule has 1 aliphatic heterocycles. The molecular formula is C22H25N3O11P2. The molecular weight excluding hydrogens is 544 g/mol. The SMILES string of the molecule is COc1cccc(-c2ccnc(Cn3c(=O)ccn(C4OC(COP(O)OP(O)O)C(O)C4O)c3=O)c2)c1. The van der Waals surface area contributed by atoms with Crippen molar-refractivity contribution in [2.24, 2.45) is 0 Å². The van der Waals surface area contributed by atoms with Crippen molar-refractivity contribution in [1.82, 2.24) is 14.1 Å². The second-order valence-corrected chi connectivity index (χ2v) is 10.0. The predicted octanol–water partition coefficient (Wildman–Crippen LogP) is 0.212. The summed E-state index contributed by atoms with van der Waals surface area (Å²) in [5.41, 5.74) is 0.636. The van der Waals surface area contributed by atoms with Crippen molar-refractivity contribution >= 4 is 17.2 Å². The Balaban J connectivity index is 1.55. The molecule has 0 spiro atoms. The van der Waals surface area contributed by atoms with Crippen LogP contribution < -0.4 is 16.0 Å². The van der Waals surface area contributed by atoms with Crippen molar-refractivity contribution < 1.29 is 43.2 Å². The molecule has 0 aliphatic carbocycles. The number of nitrogens with zero attached hydrogens (tertiary/aromatic N) is 3. The van der Waals surface area contributed by atoms with Gasteiger partial charge >= 0.3 is 22.9 Å². The fraction of sp³-hybridized carbons (Fsp3) is 0.318. The van der Waals surface area contributed by atoms with Gasteiger partial charge in [-0.2, -0.15) is 0 Å². The molecule has 1 aliphatic rings. The summed E-state index contributed by atoms with van der Waals surface area (Å²) in [6.45, 7) is -0.666. The van der Waals surface area contributed by atoms with E-state index in [0.29, 0.717) is 11.4 Å². The highest BCUT2D eigenvalue weighted by molar-refractivity contribution is 7.54. The van der Waals surface area contributed by atoms with Gasteiger partial charge in [-0.25, -0.2) is 9.11 Å². The molecule has 3 aromatic rings. The molecule has 16 heteroatoms. The Morgan fingerprint density at radius 2 is 1.82 bits per heavy atom. The number of benzene rings is 1. The van der Waals surface area contributed by atoms with Crippen molar-refractivity contribution in [3.05, 3.63) is 81.4 Å². The van der Waals surface area contributed by atoms with Crippen LogP contribution in [0.1, 0.15) is 11.9 Å². The zero-order chi connectivity index (χ0) is 27.4. The molecule has 5 unspecified atom stereocenters. The lowest BCUT2D eigenvalue weighted by Gasteiger charge is -2.19. The van der Waals surface area contributed by atoms with Crippen LogP contribution in [0.2, 0.25) is 0 Å². The average molecular weight is 569 g/mol. The number of rotatable bonds is 10. The first-order valence-electron chi connectivity index (χ1n) is 11.1. The van der Waals surface area contributed by atoms with Gasteiger partial charge in [-0.3, -0.25) is 18.9 Å². The number of methoxy groups -OCH3 is 1. The van der Waals surface area contributed by atoms with E-state index in [1.807, 2.05) is 24.3 Å². The van der Waals surface area contributed by atoms with Crippen LogP contribution in [0.5, 0.6) is 5.75 Å². The molecule has 1 aromatic carbocycles. The van der Waals surface area contributed by atoms with Crippen LogP contribution in [-0.2, 0) is 20.1 Å². The minimum atomic E-state index is -2.87. The third kappa shape index (κ3) is 6.50. The molecule has 5 N–H and O–H groups in total. The zero-order valence-corrected chi connectivity index (χ0v) is 21.6. The fourth-order valence-electron chi connectivity index (χ4n) is 3.90. The Hall–Kier alpha value is -2.61. The molecule has 0 radical (unpaired) electrons. The van der Waals surface area contributed by atoms with Crippen LogP contribution in [0.15, 0.2) is 64.4 Å². The minimum Gasteiger partial charge on any atom is -0.497 e. The van der Waals surface area contributed by atoms with Gasteiger partial charge in [-0.15, -0.1) is 0 Å². The normalized spacial score (nSPS) is 22.1. The van der Waals surface area contributed by atoms with E-state index in [9.17, 15) is 24.7 Å². The third-order valence-electron chi connectivity index (χ3n) is 5.74. The lowest BCUT2D eigenvalue weighted by Crippen LogP contribution is -2.43. The highest BCUT2D eigenvalue weighted by atomic mass is 31.2. The van der Waals surface area contributed by atoms with Gasteiger partial charge in [0, 0.05) is 18.5 Å². The van der Waals surface area contributed by atoms with Gasteiger partial charge in [0.1, 0.15) is 24.1 Å². The quantitative estimate of drug-likeness (QED) is 0.209. The van der Waals surface area contributed by atoms with E-state index in [-0.39, 0.29) is 6.54 Å². The summed E-state index contributed by atoms with van der Waals surface area (Å²) in [4.78, 5) is 57.1. The summed E-state index contributed by atoms with van der Waals surface area (Å²) >= 11 is 0. The minimum absolute atomic E-state index is 0.175. The molecule has 5 atom stereocenters. The number of aliphatic hydroxyl groups is 2. The van der Waals surface area contributed by atoms with E-state index >= 15 is 0 Å². The fourth-order valence-corrected chi connectivity index (χ4v) is 4.86. The van der Waals surface area contributed by atoms with Crippen LogP contribution in [0, 0.1) is 0 Å². The Bertz CT molecular complexity index is 1370. The van der Waals surface area contributed by atoms with Crippen LogP contribution in [0.3, 0.4) is 0 Å². The van der Waals surface area contributed by atoms with E-state index in [1.165, 1.54) is 0 Å². The van der Waals surface area contributed by atoms with Crippen molar-refractivity contribution in [2.45, 2.75) is 31.1 Å². The molecule has 0 amide bonds. The van der Waals surface area contributed by atoms with Crippen molar-refractivity contribution in [1.29, 1.82) is 0 Å². The molecule has 0 bridgehead atoms. The van der Waals surface area contributed by atoms with Gasteiger partial charge in [0.05, 0.1) is 26.0 Å². The van der Waals surface area contributed by atoms with Crippen LogP contribution in [-0.4, -0.2) is 71.0 Å². The molecule has 14 nitrogen and oxygen atoms in total. The van der Waals surface area contributed by atoms with E-state index in [2.05, 4.69) is 9.29 Å². The van der Waals surface area contributed by atoms with Gasteiger partial charge in [0.25, 0.3) is 5.56 Å². The van der Waals surface area contributed by atoms with Gasteiger partial charge in [-0.1, -0.05) is 12.1 Å². The topological polar surface area (TPSA) is 195 Å². The number of pyridine rings is 1. The monoisotopic (exact) mass is 569 g/mol. The molecule has 38 heavy (non-hydrogen) atoms.